The quantitative estimate of drug-likeness (QED) is 0.485. The molecular weight excluding hydrogens is 384 g/mol. The Kier molecular flexibility index (Phi) is 6.61. The minimum Gasteiger partial charge on any atom is -0.449 e. The Balaban J connectivity index is 1.77. The molecule has 4 N–H and O–H groups in total. The highest BCUT2D eigenvalue weighted by atomic mass is 16.5. The van der Waals surface area contributed by atoms with Gasteiger partial charge in [-0.05, 0) is 33.8 Å². The van der Waals surface area contributed by atoms with Gasteiger partial charge in [-0.15, -0.1) is 0 Å². The Labute approximate surface area is 175 Å². The summed E-state index contributed by atoms with van der Waals surface area (Å²) in [6.07, 6.45) is 0.210. The zero-order chi connectivity index (χ0) is 21.7. The van der Waals surface area contributed by atoms with E-state index in [0.717, 1.165) is 16.4 Å². The molecule has 30 heavy (non-hydrogen) atoms. The van der Waals surface area contributed by atoms with E-state index in [9.17, 15) is 4.79 Å². The number of amides is 1. The highest BCUT2D eigenvalue weighted by Gasteiger charge is 2.18. The first-order valence-electron chi connectivity index (χ1n) is 10.1. The number of alkyl carbamates (subject to hydrolysis) is 1. The smallest absolute Gasteiger partial charge is 0.407 e. The van der Waals surface area contributed by atoms with Gasteiger partial charge in [0.25, 0.3) is 0 Å². The second-order valence-electron chi connectivity index (χ2n) is 7.98. The highest BCUT2D eigenvalue weighted by molar-refractivity contribution is 6.06. The van der Waals surface area contributed by atoms with Crippen molar-refractivity contribution in [2.24, 2.45) is 0 Å². The van der Waals surface area contributed by atoms with Gasteiger partial charge < -0.3 is 25.9 Å². The number of rotatable bonds is 8. The van der Waals surface area contributed by atoms with Crippen molar-refractivity contribution >= 4 is 33.8 Å². The molecule has 3 aromatic rings. The molecular formula is C21H30N6O3. The number of pyridine rings is 1. The second kappa shape index (κ2) is 9.17. The van der Waals surface area contributed by atoms with E-state index in [1.807, 2.05) is 56.6 Å². The molecule has 9 nitrogen and oxygen atoms in total. The maximum atomic E-state index is 11.8. The van der Waals surface area contributed by atoms with E-state index < -0.39 is 6.09 Å². The fourth-order valence-electron chi connectivity index (χ4n) is 3.08. The Morgan fingerprint density at radius 1 is 1.23 bits per heavy atom. The number of nitrogen functional groups attached to an aromatic ring is 1. The summed E-state index contributed by atoms with van der Waals surface area (Å²) in [6.45, 7) is 9.45. The van der Waals surface area contributed by atoms with E-state index in [1.54, 1.807) is 0 Å². The third kappa shape index (κ3) is 5.10. The number of carbonyl (C=O) groups excluding carboxylic acids is 1. The van der Waals surface area contributed by atoms with Crippen LogP contribution in [0.15, 0.2) is 24.3 Å². The summed E-state index contributed by atoms with van der Waals surface area (Å²) in [7, 11) is 0. The van der Waals surface area contributed by atoms with E-state index in [2.05, 4.69) is 20.7 Å². The van der Waals surface area contributed by atoms with Crippen LogP contribution in [-0.4, -0.2) is 46.0 Å². The van der Waals surface area contributed by atoms with E-state index in [0.29, 0.717) is 49.9 Å². The van der Waals surface area contributed by atoms with Gasteiger partial charge in [0.2, 0.25) is 0 Å². The zero-order valence-electron chi connectivity index (χ0n) is 18.0. The number of anilines is 1. The van der Waals surface area contributed by atoms with Crippen LogP contribution >= 0.6 is 0 Å². The van der Waals surface area contributed by atoms with Crippen molar-refractivity contribution in [3.63, 3.8) is 0 Å². The first kappa shape index (κ1) is 21.6. The molecule has 0 aliphatic carbocycles. The molecule has 0 saturated carbocycles. The normalized spacial score (nSPS) is 11.7. The van der Waals surface area contributed by atoms with Gasteiger partial charge in [0.05, 0.1) is 12.1 Å². The fourth-order valence-corrected chi connectivity index (χ4v) is 3.08. The third-order valence-electron chi connectivity index (χ3n) is 4.33. The molecule has 0 radical (unpaired) electrons. The lowest BCUT2D eigenvalue weighted by Gasteiger charge is -2.20. The van der Waals surface area contributed by atoms with Gasteiger partial charge in [-0.25, -0.2) is 19.4 Å². The molecule has 2 heterocycles. The van der Waals surface area contributed by atoms with Crippen molar-refractivity contribution in [3.8, 4) is 0 Å². The number of hydrogen-bond donors (Lipinski definition) is 3. The van der Waals surface area contributed by atoms with Gasteiger partial charge in [-0.2, -0.15) is 0 Å². The van der Waals surface area contributed by atoms with Crippen LogP contribution in [-0.2, 0) is 16.1 Å². The summed E-state index contributed by atoms with van der Waals surface area (Å²) >= 11 is 0. The van der Waals surface area contributed by atoms with Gasteiger partial charge in [-0.1, -0.05) is 18.2 Å². The SMILES string of the molecule is CCOCc1nc2c(N)nc3ccccc3c2n1NCCCOC(=O)NC(C)(C)C. The predicted molar refractivity (Wildman–Crippen MR) is 118 cm³/mol. The number of carbonyl (C=O) groups is 1. The summed E-state index contributed by atoms with van der Waals surface area (Å²) in [5.41, 5.74) is 11.5. The monoisotopic (exact) mass is 414 g/mol. The molecule has 3 rings (SSSR count). The number of hydrogen-bond acceptors (Lipinski definition) is 7. The van der Waals surface area contributed by atoms with Crippen molar-refractivity contribution in [3.05, 3.63) is 30.1 Å². The number of aromatic nitrogens is 3. The number of imidazole rings is 1. The molecule has 0 aliphatic rings. The molecule has 2 aromatic heterocycles. The largest absolute Gasteiger partial charge is 0.449 e. The number of ether oxygens (including phenoxy) is 2. The number of para-hydroxylation sites is 1. The zero-order valence-corrected chi connectivity index (χ0v) is 18.0. The fraction of sp³-hybridized carbons (Fsp3) is 0.476. The molecule has 0 saturated heterocycles. The molecule has 1 aromatic carbocycles. The topological polar surface area (TPSA) is 116 Å². The molecule has 0 atom stereocenters. The maximum absolute atomic E-state index is 11.8. The molecule has 0 spiro atoms. The van der Waals surface area contributed by atoms with Crippen LogP contribution < -0.4 is 16.5 Å². The van der Waals surface area contributed by atoms with E-state index in [4.69, 9.17) is 15.2 Å². The summed E-state index contributed by atoms with van der Waals surface area (Å²) in [4.78, 5) is 20.9. The summed E-state index contributed by atoms with van der Waals surface area (Å²) in [6, 6.07) is 7.80. The average molecular weight is 415 g/mol. The molecule has 0 bridgehead atoms. The van der Waals surface area contributed by atoms with Crippen LogP contribution in [0.25, 0.3) is 21.9 Å². The Morgan fingerprint density at radius 2 is 2.00 bits per heavy atom. The summed E-state index contributed by atoms with van der Waals surface area (Å²) in [5.74, 6) is 1.09. The van der Waals surface area contributed by atoms with Gasteiger partial charge in [0.1, 0.15) is 17.6 Å². The molecule has 9 heteroatoms. The number of nitrogens with zero attached hydrogens (tertiary/aromatic N) is 3. The van der Waals surface area contributed by atoms with Crippen molar-refractivity contribution in [1.82, 2.24) is 20.0 Å². The number of nitrogens with one attached hydrogen (secondary N) is 2. The Bertz CT molecular complexity index is 1020. The first-order valence-corrected chi connectivity index (χ1v) is 10.1. The Hall–Kier alpha value is -3.07. The summed E-state index contributed by atoms with van der Waals surface area (Å²) < 4.78 is 12.7. The van der Waals surface area contributed by atoms with E-state index >= 15 is 0 Å². The van der Waals surface area contributed by atoms with Gasteiger partial charge >= 0.3 is 6.09 Å². The highest BCUT2D eigenvalue weighted by Crippen LogP contribution is 2.28. The van der Waals surface area contributed by atoms with Crippen LogP contribution in [0.3, 0.4) is 0 Å². The van der Waals surface area contributed by atoms with Crippen molar-refractivity contribution in [2.75, 3.05) is 30.9 Å². The van der Waals surface area contributed by atoms with Crippen molar-refractivity contribution < 1.29 is 14.3 Å². The molecule has 0 aliphatic heterocycles. The second-order valence-corrected chi connectivity index (χ2v) is 7.98. The van der Waals surface area contributed by atoms with Gasteiger partial charge in [-0.3, -0.25) is 0 Å². The molecule has 0 fully saturated rings. The lowest BCUT2D eigenvalue weighted by molar-refractivity contribution is 0.126. The standard InChI is InChI=1S/C21H30N6O3/c1-5-29-13-16-25-17-18(14-9-6-7-10-15(14)24-19(17)22)27(16)23-11-8-12-30-20(28)26-21(2,3)4/h6-7,9-10,23H,5,8,11-13H2,1-4H3,(H2,22,24)(H,26,28). The van der Waals surface area contributed by atoms with E-state index in [-0.39, 0.29) is 5.54 Å². The molecule has 162 valence electrons. The van der Waals surface area contributed by atoms with E-state index in [1.165, 1.54) is 0 Å². The average Bonchev–Trinajstić information content (AvgIpc) is 3.04. The Morgan fingerprint density at radius 3 is 2.73 bits per heavy atom. The van der Waals surface area contributed by atoms with Crippen LogP contribution in [0.4, 0.5) is 10.6 Å². The third-order valence-corrected chi connectivity index (χ3v) is 4.33. The van der Waals surface area contributed by atoms with Crippen LogP contribution in [0.1, 0.15) is 39.9 Å². The minimum atomic E-state index is -0.419. The van der Waals surface area contributed by atoms with Crippen molar-refractivity contribution in [1.29, 1.82) is 0 Å². The molecule has 1 amide bonds. The first-order chi connectivity index (χ1) is 14.3. The molecule has 0 unspecified atom stereocenters. The van der Waals surface area contributed by atoms with Crippen LogP contribution in [0.2, 0.25) is 0 Å². The summed E-state index contributed by atoms with van der Waals surface area (Å²) in [5, 5.41) is 3.72. The predicted octanol–water partition coefficient (Wildman–Crippen LogP) is 3.16. The van der Waals surface area contributed by atoms with Gasteiger partial charge in [0.15, 0.2) is 11.6 Å². The van der Waals surface area contributed by atoms with Crippen molar-refractivity contribution in [2.45, 2.75) is 46.3 Å². The lowest BCUT2D eigenvalue weighted by atomic mass is 10.1. The van der Waals surface area contributed by atoms with Crippen LogP contribution in [0, 0.1) is 0 Å². The number of nitrogens with two attached hydrogens (primary N) is 1. The number of benzene rings is 1. The minimum absolute atomic E-state index is 0.298. The lowest BCUT2D eigenvalue weighted by Crippen LogP contribution is -2.41. The number of fused-ring (bicyclic) bond motifs is 3. The van der Waals surface area contributed by atoms with Crippen LogP contribution in [0.5, 0.6) is 0 Å². The maximum Gasteiger partial charge on any atom is 0.407 e. The van der Waals surface area contributed by atoms with Gasteiger partial charge in [0, 0.05) is 30.5 Å².